The van der Waals surface area contributed by atoms with Gasteiger partial charge in [-0.15, -0.1) is 0 Å². The molecule has 2 N–H and O–H groups in total. The van der Waals surface area contributed by atoms with Gasteiger partial charge in [-0.3, -0.25) is 4.79 Å². The minimum absolute atomic E-state index is 0.291. The monoisotopic (exact) mass is 399 g/mol. The maximum Gasteiger partial charge on any atom is 0.322 e. The second-order valence-corrected chi connectivity index (χ2v) is 6.51. The number of benzene rings is 2. The number of methoxy groups -OCH3 is 3. The lowest BCUT2D eigenvalue weighted by Crippen LogP contribution is -2.45. The smallest absolute Gasteiger partial charge is 0.322 e. The van der Waals surface area contributed by atoms with Crippen LogP contribution in [-0.2, 0) is 4.79 Å². The summed E-state index contributed by atoms with van der Waals surface area (Å²) in [5.74, 6) is 1.24. The Hall–Kier alpha value is -3.42. The number of hydrogen-bond acceptors (Lipinski definition) is 5. The summed E-state index contributed by atoms with van der Waals surface area (Å²) in [5.41, 5.74) is 0.997. The highest BCUT2D eigenvalue weighted by Gasteiger charge is 2.35. The highest BCUT2D eigenvalue weighted by Crippen LogP contribution is 2.35. The number of para-hydroxylation sites is 3. The Morgan fingerprint density at radius 3 is 2.17 bits per heavy atom. The number of amides is 3. The molecular weight excluding hydrogens is 374 g/mol. The van der Waals surface area contributed by atoms with Crippen molar-refractivity contribution >= 4 is 23.3 Å². The van der Waals surface area contributed by atoms with E-state index in [0.29, 0.717) is 41.6 Å². The van der Waals surface area contributed by atoms with Crippen molar-refractivity contribution in [1.82, 2.24) is 4.90 Å². The fourth-order valence-corrected chi connectivity index (χ4v) is 3.40. The van der Waals surface area contributed by atoms with E-state index in [2.05, 4.69) is 10.6 Å². The molecule has 1 aliphatic heterocycles. The van der Waals surface area contributed by atoms with E-state index in [9.17, 15) is 9.59 Å². The van der Waals surface area contributed by atoms with Crippen molar-refractivity contribution in [2.45, 2.75) is 18.9 Å². The average molecular weight is 399 g/mol. The van der Waals surface area contributed by atoms with E-state index in [-0.39, 0.29) is 11.9 Å². The SMILES string of the molecule is COc1ccccc1NC(=O)N1CCC[C@H]1C(=O)Nc1c(OC)cccc1OC. The number of urea groups is 1. The fourth-order valence-electron chi connectivity index (χ4n) is 3.40. The molecule has 8 nitrogen and oxygen atoms in total. The van der Waals surface area contributed by atoms with E-state index in [4.69, 9.17) is 14.2 Å². The fraction of sp³-hybridized carbons (Fsp3) is 0.333. The summed E-state index contributed by atoms with van der Waals surface area (Å²) in [7, 11) is 4.58. The second-order valence-electron chi connectivity index (χ2n) is 6.51. The summed E-state index contributed by atoms with van der Waals surface area (Å²) < 4.78 is 15.9. The Balaban J connectivity index is 1.75. The van der Waals surface area contributed by atoms with Crippen LogP contribution in [0.1, 0.15) is 12.8 Å². The van der Waals surface area contributed by atoms with Crippen LogP contribution in [0.5, 0.6) is 17.2 Å². The molecule has 3 amide bonds. The summed E-state index contributed by atoms with van der Waals surface area (Å²) in [6.45, 7) is 0.488. The number of nitrogens with one attached hydrogen (secondary N) is 2. The number of likely N-dealkylation sites (tertiary alicyclic amines) is 1. The molecule has 0 aliphatic carbocycles. The van der Waals surface area contributed by atoms with E-state index in [1.165, 1.54) is 26.2 Å². The van der Waals surface area contributed by atoms with Crippen LogP contribution < -0.4 is 24.8 Å². The van der Waals surface area contributed by atoms with Gasteiger partial charge in [0.05, 0.1) is 27.0 Å². The zero-order valence-corrected chi connectivity index (χ0v) is 16.7. The third-order valence-electron chi connectivity index (χ3n) is 4.84. The molecule has 1 aliphatic rings. The van der Waals surface area contributed by atoms with Gasteiger partial charge in [0.1, 0.15) is 29.0 Å². The van der Waals surface area contributed by atoms with Crippen LogP contribution in [0.4, 0.5) is 16.2 Å². The molecule has 0 aromatic heterocycles. The van der Waals surface area contributed by atoms with Gasteiger partial charge >= 0.3 is 6.03 Å². The maximum absolute atomic E-state index is 13.0. The molecule has 1 atom stereocenters. The summed E-state index contributed by atoms with van der Waals surface area (Å²) in [6.07, 6.45) is 1.31. The third-order valence-corrected chi connectivity index (χ3v) is 4.84. The molecule has 0 unspecified atom stereocenters. The van der Waals surface area contributed by atoms with Crippen molar-refractivity contribution in [2.24, 2.45) is 0 Å². The molecule has 2 aromatic carbocycles. The van der Waals surface area contributed by atoms with Crippen LogP contribution in [0.15, 0.2) is 42.5 Å². The highest BCUT2D eigenvalue weighted by molar-refractivity contribution is 6.01. The molecule has 0 saturated carbocycles. The number of nitrogens with zero attached hydrogens (tertiary/aromatic N) is 1. The molecule has 8 heteroatoms. The minimum Gasteiger partial charge on any atom is -0.495 e. The van der Waals surface area contributed by atoms with Crippen LogP contribution in [0.25, 0.3) is 0 Å². The van der Waals surface area contributed by atoms with Gasteiger partial charge in [0, 0.05) is 6.54 Å². The van der Waals surface area contributed by atoms with Crippen LogP contribution >= 0.6 is 0 Å². The van der Waals surface area contributed by atoms with Crippen molar-refractivity contribution in [3.05, 3.63) is 42.5 Å². The first-order chi connectivity index (χ1) is 14.1. The Morgan fingerprint density at radius 2 is 1.52 bits per heavy atom. The predicted molar refractivity (Wildman–Crippen MR) is 110 cm³/mol. The first-order valence-electron chi connectivity index (χ1n) is 9.31. The highest BCUT2D eigenvalue weighted by atomic mass is 16.5. The molecule has 154 valence electrons. The van der Waals surface area contributed by atoms with E-state index < -0.39 is 6.04 Å². The van der Waals surface area contributed by atoms with Gasteiger partial charge in [0.15, 0.2) is 0 Å². The van der Waals surface area contributed by atoms with Crippen LogP contribution in [-0.4, -0.2) is 50.8 Å². The van der Waals surface area contributed by atoms with Gasteiger partial charge in [-0.2, -0.15) is 0 Å². The van der Waals surface area contributed by atoms with Gasteiger partial charge in [-0.05, 0) is 37.1 Å². The molecule has 1 heterocycles. The summed E-state index contributed by atoms with van der Waals surface area (Å²) in [6, 6.07) is 11.4. The third kappa shape index (κ3) is 4.37. The molecule has 29 heavy (non-hydrogen) atoms. The summed E-state index contributed by atoms with van der Waals surface area (Å²) in [4.78, 5) is 27.3. The number of anilines is 2. The molecule has 0 bridgehead atoms. The average Bonchev–Trinajstić information content (AvgIpc) is 3.24. The minimum atomic E-state index is -0.598. The van der Waals surface area contributed by atoms with Crippen molar-refractivity contribution in [2.75, 3.05) is 38.5 Å². The Kier molecular flexibility index (Phi) is 6.43. The maximum atomic E-state index is 13.0. The number of ether oxygens (including phenoxy) is 3. The quantitative estimate of drug-likeness (QED) is 0.778. The largest absolute Gasteiger partial charge is 0.495 e. The zero-order chi connectivity index (χ0) is 20.8. The Bertz CT molecular complexity index is 864. The van der Waals surface area contributed by atoms with Gasteiger partial charge in [0.25, 0.3) is 0 Å². The summed E-state index contributed by atoms with van der Waals surface area (Å²) in [5, 5.41) is 5.69. The molecular formula is C21H25N3O5. The molecule has 0 radical (unpaired) electrons. The standard InChI is InChI=1S/C21H25N3O5/c1-27-16-10-5-4-8-14(16)22-21(26)24-13-7-9-15(24)20(25)23-19-17(28-2)11-6-12-18(19)29-3/h4-6,8,10-12,15H,7,9,13H2,1-3H3,(H,22,26)(H,23,25)/t15-/m0/s1. The first-order valence-corrected chi connectivity index (χ1v) is 9.31. The van der Waals surface area contributed by atoms with Gasteiger partial charge < -0.3 is 29.7 Å². The molecule has 0 spiro atoms. The van der Waals surface area contributed by atoms with Crippen LogP contribution in [0, 0.1) is 0 Å². The second kappa shape index (κ2) is 9.18. The van der Waals surface area contributed by atoms with E-state index in [1.807, 2.05) is 6.07 Å². The van der Waals surface area contributed by atoms with Crippen molar-refractivity contribution in [1.29, 1.82) is 0 Å². The van der Waals surface area contributed by atoms with E-state index in [0.717, 1.165) is 6.42 Å². The number of carbonyl (C=O) groups is 2. The lowest BCUT2D eigenvalue weighted by molar-refractivity contribution is -0.119. The van der Waals surface area contributed by atoms with Crippen LogP contribution in [0.2, 0.25) is 0 Å². The number of rotatable bonds is 6. The lowest BCUT2D eigenvalue weighted by atomic mass is 10.2. The topological polar surface area (TPSA) is 89.1 Å². The summed E-state index contributed by atoms with van der Waals surface area (Å²) >= 11 is 0. The molecule has 1 fully saturated rings. The number of carbonyl (C=O) groups excluding carboxylic acids is 2. The molecule has 3 rings (SSSR count). The molecule has 1 saturated heterocycles. The molecule has 2 aromatic rings. The van der Waals surface area contributed by atoms with Gasteiger partial charge in [-0.1, -0.05) is 18.2 Å². The first kappa shape index (κ1) is 20.3. The zero-order valence-electron chi connectivity index (χ0n) is 16.7. The van der Waals surface area contributed by atoms with Crippen molar-refractivity contribution < 1.29 is 23.8 Å². The van der Waals surface area contributed by atoms with Crippen molar-refractivity contribution in [3.63, 3.8) is 0 Å². The van der Waals surface area contributed by atoms with Gasteiger partial charge in [-0.25, -0.2) is 4.79 Å². The van der Waals surface area contributed by atoms with E-state index >= 15 is 0 Å². The van der Waals surface area contributed by atoms with Crippen molar-refractivity contribution in [3.8, 4) is 17.2 Å². The normalized spacial score (nSPS) is 15.6. The number of hydrogen-bond donors (Lipinski definition) is 2. The van der Waals surface area contributed by atoms with Gasteiger partial charge in [0.2, 0.25) is 5.91 Å². The lowest BCUT2D eigenvalue weighted by Gasteiger charge is -2.25. The Labute approximate surface area is 169 Å². The van der Waals surface area contributed by atoms with E-state index in [1.54, 1.807) is 36.4 Å². The Morgan fingerprint density at radius 1 is 0.897 bits per heavy atom. The van der Waals surface area contributed by atoms with Crippen LogP contribution in [0.3, 0.4) is 0 Å². The predicted octanol–water partition coefficient (Wildman–Crippen LogP) is 3.35.